The SMILES string of the molecule is O=C(O)CNC(=O)c1c(O)c2cccnc2n(OCc2ccc(CF)cc2)c1=O. The molecule has 150 valence electrons. The van der Waals surface area contributed by atoms with Gasteiger partial charge >= 0.3 is 11.5 Å². The standard InChI is InChI=1S/C19H16FN3O6/c20-8-11-3-5-12(6-4-11)10-29-23-17-13(2-1-7-21-17)16(26)15(19(23)28)18(27)22-9-14(24)25/h1-7,26H,8-10H2,(H,22,27)(H,24,25). The van der Waals surface area contributed by atoms with Gasteiger partial charge in [0.25, 0.3) is 5.91 Å². The molecule has 0 bridgehead atoms. The molecule has 0 spiro atoms. The van der Waals surface area contributed by atoms with Crippen molar-refractivity contribution in [1.29, 1.82) is 0 Å². The molecule has 0 saturated carbocycles. The number of nitrogens with one attached hydrogen (secondary N) is 1. The monoisotopic (exact) mass is 401 g/mol. The van der Waals surface area contributed by atoms with E-state index in [1.165, 1.54) is 18.3 Å². The zero-order valence-corrected chi connectivity index (χ0v) is 15.0. The van der Waals surface area contributed by atoms with E-state index in [1.807, 2.05) is 5.32 Å². The van der Waals surface area contributed by atoms with Gasteiger partial charge < -0.3 is 20.4 Å². The highest BCUT2D eigenvalue weighted by atomic mass is 19.1. The molecular weight excluding hydrogens is 385 g/mol. The second-order valence-electron chi connectivity index (χ2n) is 6.00. The predicted octanol–water partition coefficient (Wildman–Crippen LogP) is 1.01. The van der Waals surface area contributed by atoms with Gasteiger partial charge in [-0.25, -0.2) is 9.37 Å². The molecule has 0 aliphatic heterocycles. The lowest BCUT2D eigenvalue weighted by Gasteiger charge is -2.14. The Labute approximate surface area is 163 Å². The lowest BCUT2D eigenvalue weighted by Crippen LogP contribution is -2.37. The van der Waals surface area contributed by atoms with Crippen molar-refractivity contribution in [3.05, 3.63) is 69.6 Å². The average molecular weight is 401 g/mol. The Morgan fingerprint density at radius 2 is 1.86 bits per heavy atom. The molecule has 0 saturated heterocycles. The predicted molar refractivity (Wildman–Crippen MR) is 99.2 cm³/mol. The molecule has 9 nitrogen and oxygen atoms in total. The molecule has 2 heterocycles. The Bertz CT molecular complexity index is 1130. The van der Waals surface area contributed by atoms with E-state index in [2.05, 4.69) is 4.98 Å². The summed E-state index contributed by atoms with van der Waals surface area (Å²) < 4.78 is 13.4. The van der Waals surface area contributed by atoms with E-state index in [0.29, 0.717) is 11.1 Å². The van der Waals surface area contributed by atoms with Crippen LogP contribution in [0, 0.1) is 0 Å². The van der Waals surface area contributed by atoms with E-state index in [-0.39, 0.29) is 17.6 Å². The number of aromatic nitrogens is 2. The molecule has 0 aliphatic carbocycles. The first-order valence-electron chi connectivity index (χ1n) is 8.42. The minimum atomic E-state index is -1.31. The van der Waals surface area contributed by atoms with Crippen molar-refractivity contribution < 1.29 is 29.0 Å². The fourth-order valence-electron chi connectivity index (χ4n) is 2.61. The highest BCUT2D eigenvalue weighted by Crippen LogP contribution is 2.24. The summed E-state index contributed by atoms with van der Waals surface area (Å²) in [4.78, 5) is 45.3. The third-order valence-corrected chi connectivity index (χ3v) is 4.03. The van der Waals surface area contributed by atoms with Gasteiger partial charge in [0.05, 0.1) is 5.39 Å². The van der Waals surface area contributed by atoms with Crippen molar-refractivity contribution in [2.24, 2.45) is 0 Å². The number of amides is 1. The van der Waals surface area contributed by atoms with E-state index >= 15 is 0 Å². The van der Waals surface area contributed by atoms with Crippen LogP contribution in [0.5, 0.6) is 5.75 Å². The van der Waals surface area contributed by atoms with Gasteiger partial charge in [-0.3, -0.25) is 14.4 Å². The molecule has 1 amide bonds. The second-order valence-corrected chi connectivity index (χ2v) is 6.00. The van der Waals surface area contributed by atoms with Crippen LogP contribution in [-0.4, -0.2) is 38.3 Å². The van der Waals surface area contributed by atoms with Crippen molar-refractivity contribution >= 4 is 22.9 Å². The number of carbonyl (C=O) groups is 2. The van der Waals surface area contributed by atoms with E-state index in [9.17, 15) is 23.9 Å². The third kappa shape index (κ3) is 4.15. The number of rotatable bonds is 7. The number of hydrogen-bond acceptors (Lipinski definition) is 6. The molecule has 0 aliphatic rings. The van der Waals surface area contributed by atoms with Gasteiger partial charge in [0.15, 0.2) is 11.2 Å². The smallest absolute Gasteiger partial charge is 0.322 e. The Morgan fingerprint density at radius 1 is 1.17 bits per heavy atom. The molecule has 2 aromatic heterocycles. The number of aromatic hydroxyl groups is 1. The summed E-state index contributed by atoms with van der Waals surface area (Å²) in [7, 11) is 0. The Hall–Kier alpha value is -3.95. The maximum Gasteiger partial charge on any atom is 0.322 e. The quantitative estimate of drug-likeness (QED) is 0.539. The van der Waals surface area contributed by atoms with Crippen LogP contribution in [0.25, 0.3) is 11.0 Å². The summed E-state index contributed by atoms with van der Waals surface area (Å²) >= 11 is 0. The fourth-order valence-corrected chi connectivity index (χ4v) is 2.61. The summed E-state index contributed by atoms with van der Waals surface area (Å²) in [5.41, 5.74) is -0.579. The first-order chi connectivity index (χ1) is 13.9. The van der Waals surface area contributed by atoms with Crippen molar-refractivity contribution in [3.8, 4) is 5.75 Å². The first kappa shape index (κ1) is 19.8. The molecule has 0 atom stereocenters. The molecule has 0 fully saturated rings. The van der Waals surface area contributed by atoms with Crippen molar-refractivity contribution in [1.82, 2.24) is 15.0 Å². The van der Waals surface area contributed by atoms with Crippen LogP contribution in [0.1, 0.15) is 21.5 Å². The van der Waals surface area contributed by atoms with Crippen LogP contribution in [0.15, 0.2) is 47.4 Å². The van der Waals surface area contributed by atoms with E-state index in [1.54, 1.807) is 24.3 Å². The molecule has 0 unspecified atom stereocenters. The molecular formula is C19H16FN3O6. The Morgan fingerprint density at radius 3 is 2.52 bits per heavy atom. The highest BCUT2D eigenvalue weighted by Gasteiger charge is 2.24. The van der Waals surface area contributed by atoms with Gasteiger partial charge in [0, 0.05) is 6.20 Å². The lowest BCUT2D eigenvalue weighted by molar-refractivity contribution is -0.135. The number of alkyl halides is 1. The minimum absolute atomic E-state index is 0.0230. The highest BCUT2D eigenvalue weighted by molar-refractivity contribution is 6.02. The van der Waals surface area contributed by atoms with E-state index in [4.69, 9.17) is 9.94 Å². The summed E-state index contributed by atoms with van der Waals surface area (Å²) in [5.74, 6) is -3.01. The largest absolute Gasteiger partial charge is 0.506 e. The van der Waals surface area contributed by atoms with E-state index < -0.39 is 42.0 Å². The number of aliphatic carboxylic acids is 1. The number of pyridine rings is 2. The number of benzene rings is 1. The normalized spacial score (nSPS) is 10.7. The number of nitrogens with zero attached hydrogens (tertiary/aromatic N) is 2. The summed E-state index contributed by atoms with van der Waals surface area (Å²) in [6.45, 7) is -1.44. The zero-order chi connectivity index (χ0) is 21.0. The van der Waals surface area contributed by atoms with Gasteiger partial charge in [-0.05, 0) is 23.3 Å². The van der Waals surface area contributed by atoms with Crippen molar-refractivity contribution in [2.75, 3.05) is 6.54 Å². The molecule has 0 radical (unpaired) electrons. The average Bonchev–Trinajstić information content (AvgIpc) is 2.72. The second kappa shape index (κ2) is 8.38. The van der Waals surface area contributed by atoms with Gasteiger partial charge in [0.1, 0.15) is 25.6 Å². The van der Waals surface area contributed by atoms with Crippen LogP contribution >= 0.6 is 0 Å². The van der Waals surface area contributed by atoms with Gasteiger partial charge in [-0.1, -0.05) is 24.3 Å². The third-order valence-electron chi connectivity index (χ3n) is 4.03. The number of hydrogen-bond donors (Lipinski definition) is 3. The Balaban J connectivity index is 2.01. The summed E-state index contributed by atoms with van der Waals surface area (Å²) in [5, 5.41) is 21.2. The van der Waals surface area contributed by atoms with Crippen LogP contribution in [0.2, 0.25) is 0 Å². The van der Waals surface area contributed by atoms with Crippen LogP contribution < -0.4 is 15.7 Å². The maximum atomic E-state index is 12.8. The summed E-state index contributed by atoms with van der Waals surface area (Å²) in [6.07, 6.45) is 1.38. The zero-order valence-electron chi connectivity index (χ0n) is 15.0. The molecule has 1 aromatic carbocycles. The number of halogens is 1. The van der Waals surface area contributed by atoms with Crippen molar-refractivity contribution in [2.45, 2.75) is 13.3 Å². The number of carbonyl (C=O) groups excluding carboxylic acids is 1. The fraction of sp³-hybridized carbons (Fsp3) is 0.158. The van der Waals surface area contributed by atoms with Gasteiger partial charge in [-0.15, -0.1) is 4.73 Å². The van der Waals surface area contributed by atoms with Gasteiger partial charge in [-0.2, -0.15) is 0 Å². The molecule has 3 rings (SSSR count). The topological polar surface area (TPSA) is 131 Å². The number of fused-ring (bicyclic) bond motifs is 1. The first-order valence-corrected chi connectivity index (χ1v) is 8.42. The number of carboxylic acids is 1. The summed E-state index contributed by atoms with van der Waals surface area (Å²) in [6, 6.07) is 9.30. The Kier molecular flexibility index (Phi) is 5.72. The number of carboxylic acid groups (broad SMARTS) is 1. The van der Waals surface area contributed by atoms with Crippen LogP contribution in [0.4, 0.5) is 4.39 Å². The van der Waals surface area contributed by atoms with Crippen molar-refractivity contribution in [3.63, 3.8) is 0 Å². The maximum absolute atomic E-state index is 12.8. The molecule has 29 heavy (non-hydrogen) atoms. The van der Waals surface area contributed by atoms with Crippen LogP contribution in [-0.2, 0) is 18.1 Å². The van der Waals surface area contributed by atoms with Gasteiger partial charge in [0.2, 0.25) is 0 Å². The van der Waals surface area contributed by atoms with Crippen LogP contribution in [0.3, 0.4) is 0 Å². The lowest BCUT2D eigenvalue weighted by atomic mass is 10.1. The molecule has 3 N–H and O–H groups in total. The molecule has 3 aromatic rings. The van der Waals surface area contributed by atoms with E-state index in [0.717, 1.165) is 4.73 Å². The minimum Gasteiger partial charge on any atom is -0.506 e. The molecule has 10 heteroatoms.